The lowest BCUT2D eigenvalue weighted by atomic mass is 9.91. The number of hydrogen-bond acceptors (Lipinski definition) is 7. The second-order valence-corrected chi connectivity index (χ2v) is 7.85. The molecule has 2 aromatic carbocycles. The highest BCUT2D eigenvalue weighted by Gasteiger charge is 2.48. The zero-order valence-corrected chi connectivity index (χ0v) is 16.8. The second-order valence-electron chi connectivity index (χ2n) is 7.49. The molecule has 4 rings (SSSR count). The number of carbonyl (C=O) groups is 1. The summed E-state index contributed by atoms with van der Waals surface area (Å²) < 4.78 is 42.8. The molecule has 1 fully saturated rings. The number of aliphatic hydroxyl groups is 2. The Bertz CT molecular complexity index is 1040. The number of benzene rings is 2. The minimum Gasteiger partial charge on any atom is -0.508 e. The molecule has 10 heteroatoms. The van der Waals surface area contributed by atoms with E-state index in [1.165, 1.54) is 18.2 Å². The van der Waals surface area contributed by atoms with E-state index in [1.54, 1.807) is 12.1 Å². The van der Waals surface area contributed by atoms with Gasteiger partial charge >= 0.3 is 12.1 Å². The molecule has 1 saturated carbocycles. The maximum absolute atomic E-state index is 12.7. The molecule has 3 atom stereocenters. The van der Waals surface area contributed by atoms with Gasteiger partial charge in [0.15, 0.2) is 0 Å². The van der Waals surface area contributed by atoms with E-state index in [2.05, 4.69) is 9.50 Å². The van der Waals surface area contributed by atoms with Gasteiger partial charge in [-0.25, -0.2) is 9.93 Å². The van der Waals surface area contributed by atoms with E-state index in [4.69, 9.17) is 5.14 Å². The molecule has 1 aliphatic heterocycles. The molecule has 31 heavy (non-hydrogen) atoms. The third kappa shape index (κ3) is 4.10. The van der Waals surface area contributed by atoms with Crippen molar-refractivity contribution in [2.75, 3.05) is 0 Å². The summed E-state index contributed by atoms with van der Waals surface area (Å²) in [5.74, 6) is -0.466. The van der Waals surface area contributed by atoms with Gasteiger partial charge in [-0.2, -0.15) is 13.2 Å². The van der Waals surface area contributed by atoms with Crippen molar-refractivity contribution in [3.05, 3.63) is 81.7 Å². The van der Waals surface area contributed by atoms with E-state index in [0.29, 0.717) is 29.1 Å². The van der Waals surface area contributed by atoms with Crippen molar-refractivity contribution in [3.63, 3.8) is 0 Å². The molecule has 164 valence electrons. The smallest absolute Gasteiger partial charge is 0.416 e. The van der Waals surface area contributed by atoms with Gasteiger partial charge in [-0.15, -0.1) is 0 Å². The number of carbonyl (C=O) groups excluding carboxylic acids is 1. The fourth-order valence-electron chi connectivity index (χ4n) is 3.93. The van der Waals surface area contributed by atoms with Crippen LogP contribution in [0, 0.1) is 5.92 Å². The van der Waals surface area contributed by atoms with Gasteiger partial charge in [0.05, 0.1) is 23.4 Å². The Morgan fingerprint density at radius 1 is 1.16 bits per heavy atom. The van der Waals surface area contributed by atoms with Gasteiger partial charge in [0.2, 0.25) is 0 Å². The third-order valence-electron chi connectivity index (χ3n) is 5.65. The molecule has 6 nitrogen and oxygen atoms in total. The van der Waals surface area contributed by atoms with Crippen LogP contribution in [-0.4, -0.2) is 16.2 Å². The second kappa shape index (κ2) is 8.10. The Hall–Kier alpha value is -2.69. The van der Waals surface area contributed by atoms with Gasteiger partial charge in [0, 0.05) is 5.92 Å². The van der Waals surface area contributed by atoms with Gasteiger partial charge in [-0.1, -0.05) is 24.3 Å². The molecule has 0 radical (unpaired) electrons. The van der Waals surface area contributed by atoms with E-state index in [9.17, 15) is 28.2 Å². The highest BCUT2D eigenvalue weighted by molar-refractivity contribution is 7.92. The van der Waals surface area contributed by atoms with Crippen molar-refractivity contribution < 1.29 is 32.4 Å². The monoisotopic (exact) mass is 452 g/mol. The Labute approximate surface area is 180 Å². The number of allylic oxidation sites excluding steroid dienone is 1. The van der Waals surface area contributed by atoms with Crippen LogP contribution in [0.1, 0.15) is 51.0 Å². The molecule has 2 unspecified atom stereocenters. The average Bonchev–Trinajstić information content (AvgIpc) is 3.52. The Morgan fingerprint density at radius 3 is 2.42 bits per heavy atom. The lowest BCUT2D eigenvalue weighted by Gasteiger charge is -2.33. The molecule has 0 aromatic heterocycles. The topological polar surface area (TPSA) is 105 Å². The number of alkyl halides is 3. The van der Waals surface area contributed by atoms with Crippen molar-refractivity contribution >= 4 is 18.2 Å². The van der Waals surface area contributed by atoms with Crippen LogP contribution in [0.3, 0.4) is 0 Å². The molecule has 0 amide bonds. The largest absolute Gasteiger partial charge is 0.508 e. The van der Waals surface area contributed by atoms with Crippen molar-refractivity contribution in [2.45, 2.75) is 31.2 Å². The number of nitrogens with two attached hydrogens (primary N) is 1. The zero-order chi connectivity index (χ0) is 22.3. The quantitative estimate of drug-likeness (QED) is 0.386. The number of halogens is 3. The lowest BCUT2D eigenvalue weighted by Crippen LogP contribution is -2.36. The maximum Gasteiger partial charge on any atom is 0.416 e. The van der Waals surface area contributed by atoms with Gasteiger partial charge in [-0.3, -0.25) is 0 Å². The fourth-order valence-corrected chi connectivity index (χ4v) is 4.10. The van der Waals surface area contributed by atoms with Crippen molar-refractivity contribution in [2.24, 2.45) is 11.1 Å². The van der Waals surface area contributed by atoms with Crippen molar-refractivity contribution in [3.8, 4) is 0 Å². The summed E-state index contributed by atoms with van der Waals surface area (Å²) in [5.41, 5.74) is 1.96. The fraction of sp³-hybridized carbons (Fsp3) is 0.286. The summed E-state index contributed by atoms with van der Waals surface area (Å²) >= 11 is 0.414. The maximum atomic E-state index is 12.7. The van der Waals surface area contributed by atoms with Crippen LogP contribution >= 0.6 is 12.2 Å². The molecule has 0 saturated heterocycles. The molecule has 1 aliphatic carbocycles. The van der Waals surface area contributed by atoms with Gasteiger partial charge < -0.3 is 19.7 Å². The normalized spacial score (nSPS) is 22.5. The van der Waals surface area contributed by atoms with Gasteiger partial charge in [0.25, 0.3) is 0 Å². The third-order valence-corrected chi connectivity index (χ3v) is 5.90. The summed E-state index contributed by atoms with van der Waals surface area (Å²) in [5, 5.41) is 28.5. The number of rotatable bonds is 6. The first-order valence-electron chi connectivity index (χ1n) is 9.42. The van der Waals surface area contributed by atoms with E-state index in [0.717, 1.165) is 24.1 Å². The van der Waals surface area contributed by atoms with E-state index in [1.807, 2.05) is 0 Å². The first-order chi connectivity index (χ1) is 14.7. The minimum absolute atomic E-state index is 0.0149. The first kappa shape index (κ1) is 21.5. The van der Waals surface area contributed by atoms with Crippen LogP contribution in [0.4, 0.5) is 13.2 Å². The Kier molecular flexibility index (Phi) is 5.63. The van der Waals surface area contributed by atoms with Crippen LogP contribution in [-0.2, 0) is 17.0 Å². The molecule has 1 heterocycles. The number of aliphatic hydroxyl groups excluding tert-OH is 2. The minimum atomic E-state index is -4.37. The number of nitrogens with one attached hydrogen (secondary N) is 1. The molecule has 0 bridgehead atoms. The lowest BCUT2D eigenvalue weighted by molar-refractivity contribution is -0.137. The summed E-state index contributed by atoms with van der Waals surface area (Å²) in [6.45, 7) is -0.393. The van der Waals surface area contributed by atoms with Crippen LogP contribution in [0.15, 0.2) is 53.9 Å². The van der Waals surface area contributed by atoms with Crippen LogP contribution < -0.4 is 10.5 Å². The molecule has 5 N–H and O–H groups in total. The van der Waals surface area contributed by atoms with Crippen LogP contribution in [0.25, 0.3) is 0 Å². The summed E-state index contributed by atoms with van der Waals surface area (Å²) in [6.07, 6.45) is -3.64. The average molecular weight is 452 g/mol. The first-order valence-corrected chi connectivity index (χ1v) is 10.2. The van der Waals surface area contributed by atoms with Crippen LogP contribution in [0.2, 0.25) is 0 Å². The molecule has 2 aliphatic rings. The molecule has 2 aromatic rings. The van der Waals surface area contributed by atoms with Gasteiger partial charge in [0.1, 0.15) is 24.0 Å². The summed E-state index contributed by atoms with van der Waals surface area (Å²) in [6, 6.07) is 9.35. The Balaban J connectivity index is 1.47. The van der Waals surface area contributed by atoms with Crippen LogP contribution in [0.5, 0.6) is 0 Å². The zero-order valence-electron chi connectivity index (χ0n) is 16.0. The summed E-state index contributed by atoms with van der Waals surface area (Å²) in [4.78, 5) is 11.9. The molecular formula is C21H19F3N2O4S. The standard InChI is InChI=1S/C21H19F3N2O4S/c22-21(23,24)13-4-1-10(2-5-13)15-8-16(15)18-19(28)17(26-18)11-3-6-14(12(7-11)9-27)20(29)30-31-25/h1-7,15-17,26-28H,8-9,25H2/t15?,16?,17-/m0/s1. The highest BCUT2D eigenvalue weighted by atomic mass is 32.2. The SMILES string of the molecule is NSOC(=O)c1ccc([C@@H]2NC(C3CC3c3ccc(C(F)(F)F)cc3)=C2O)cc1CO. The highest BCUT2D eigenvalue weighted by Crippen LogP contribution is 2.55. The van der Waals surface area contributed by atoms with E-state index in [-0.39, 0.29) is 23.2 Å². The number of hydrogen-bond donors (Lipinski definition) is 4. The Morgan fingerprint density at radius 2 is 1.84 bits per heavy atom. The molecular weight excluding hydrogens is 433 g/mol. The summed E-state index contributed by atoms with van der Waals surface area (Å²) in [7, 11) is 0. The predicted molar refractivity (Wildman–Crippen MR) is 107 cm³/mol. The van der Waals surface area contributed by atoms with E-state index < -0.39 is 30.4 Å². The molecule has 0 spiro atoms. The van der Waals surface area contributed by atoms with E-state index >= 15 is 0 Å². The predicted octanol–water partition coefficient (Wildman–Crippen LogP) is 4.09. The van der Waals surface area contributed by atoms with Crippen molar-refractivity contribution in [1.29, 1.82) is 0 Å². The van der Waals surface area contributed by atoms with Gasteiger partial charge in [-0.05, 0) is 47.2 Å². The van der Waals surface area contributed by atoms with Crippen molar-refractivity contribution in [1.82, 2.24) is 5.32 Å².